The van der Waals surface area contributed by atoms with Crippen LogP contribution >= 0.6 is 23.2 Å². The first-order valence-electron chi connectivity index (χ1n) is 6.37. The van der Waals surface area contributed by atoms with Crippen molar-refractivity contribution in [1.29, 1.82) is 0 Å². The number of hydrogen-bond acceptors (Lipinski definition) is 2. The molecule has 21 heavy (non-hydrogen) atoms. The third kappa shape index (κ3) is 4.88. The summed E-state index contributed by atoms with van der Waals surface area (Å²) in [4.78, 5) is 11.7. The molecule has 0 fully saturated rings. The van der Waals surface area contributed by atoms with E-state index >= 15 is 0 Å². The summed E-state index contributed by atoms with van der Waals surface area (Å²) < 4.78 is 0. The smallest absolute Gasteiger partial charge is 0.244 e. The summed E-state index contributed by atoms with van der Waals surface area (Å²) in [5.41, 5.74) is 5.27. The molecule has 0 atom stereocenters. The normalized spacial score (nSPS) is 10.8. The van der Waals surface area contributed by atoms with E-state index in [0.717, 1.165) is 11.1 Å². The SMILES string of the molecule is Cc1ccc(CC(=O)NN=Cc2ccc(Cl)cc2Cl)cc1. The van der Waals surface area contributed by atoms with Crippen molar-refractivity contribution < 1.29 is 4.79 Å². The van der Waals surface area contributed by atoms with Crippen LogP contribution in [-0.2, 0) is 11.2 Å². The van der Waals surface area contributed by atoms with E-state index in [1.54, 1.807) is 18.2 Å². The number of carbonyl (C=O) groups excluding carboxylic acids is 1. The molecule has 0 aliphatic carbocycles. The highest BCUT2D eigenvalue weighted by molar-refractivity contribution is 6.36. The molecule has 0 bridgehead atoms. The number of hydrogen-bond donors (Lipinski definition) is 1. The van der Waals surface area contributed by atoms with Gasteiger partial charge < -0.3 is 0 Å². The van der Waals surface area contributed by atoms with Crippen LogP contribution in [0.1, 0.15) is 16.7 Å². The van der Waals surface area contributed by atoms with Gasteiger partial charge >= 0.3 is 0 Å². The first-order chi connectivity index (χ1) is 10.0. The van der Waals surface area contributed by atoms with E-state index in [-0.39, 0.29) is 12.3 Å². The number of hydrazone groups is 1. The average Bonchev–Trinajstić information content (AvgIpc) is 2.44. The fourth-order valence-electron chi connectivity index (χ4n) is 1.71. The minimum atomic E-state index is -0.180. The van der Waals surface area contributed by atoms with Crippen LogP contribution in [0.4, 0.5) is 0 Å². The molecule has 0 saturated carbocycles. The van der Waals surface area contributed by atoms with Crippen molar-refractivity contribution >= 4 is 35.3 Å². The molecule has 5 heteroatoms. The Bertz CT molecular complexity index is 666. The number of benzene rings is 2. The molecule has 1 N–H and O–H groups in total. The van der Waals surface area contributed by atoms with E-state index in [4.69, 9.17) is 23.2 Å². The van der Waals surface area contributed by atoms with Crippen molar-refractivity contribution in [1.82, 2.24) is 5.43 Å². The van der Waals surface area contributed by atoms with Gasteiger partial charge in [-0.2, -0.15) is 5.10 Å². The van der Waals surface area contributed by atoms with Gasteiger partial charge in [-0.05, 0) is 24.6 Å². The molecular weight excluding hydrogens is 307 g/mol. The van der Waals surface area contributed by atoms with Gasteiger partial charge in [-0.25, -0.2) is 5.43 Å². The monoisotopic (exact) mass is 320 g/mol. The summed E-state index contributed by atoms with van der Waals surface area (Å²) >= 11 is 11.8. The van der Waals surface area contributed by atoms with Crippen molar-refractivity contribution in [3.63, 3.8) is 0 Å². The highest BCUT2D eigenvalue weighted by Gasteiger charge is 2.02. The first kappa shape index (κ1) is 15.5. The van der Waals surface area contributed by atoms with Crippen LogP contribution in [0.3, 0.4) is 0 Å². The molecule has 108 valence electrons. The van der Waals surface area contributed by atoms with E-state index in [0.29, 0.717) is 15.6 Å². The van der Waals surface area contributed by atoms with Gasteiger partial charge in [-0.1, -0.05) is 59.1 Å². The lowest BCUT2D eigenvalue weighted by Gasteiger charge is -2.02. The van der Waals surface area contributed by atoms with E-state index in [1.165, 1.54) is 6.21 Å². The Morgan fingerprint density at radius 1 is 1.19 bits per heavy atom. The van der Waals surface area contributed by atoms with Crippen LogP contribution in [0.25, 0.3) is 0 Å². The van der Waals surface area contributed by atoms with Crippen molar-refractivity contribution in [3.8, 4) is 0 Å². The summed E-state index contributed by atoms with van der Waals surface area (Å²) in [5, 5.41) is 4.93. The molecule has 0 aliphatic rings. The van der Waals surface area contributed by atoms with Crippen molar-refractivity contribution in [3.05, 3.63) is 69.2 Å². The highest BCUT2D eigenvalue weighted by atomic mass is 35.5. The molecule has 0 aromatic heterocycles. The van der Waals surface area contributed by atoms with Crippen LogP contribution in [0.2, 0.25) is 10.0 Å². The largest absolute Gasteiger partial charge is 0.273 e. The average molecular weight is 321 g/mol. The zero-order valence-corrected chi connectivity index (χ0v) is 12.9. The Hall–Kier alpha value is -1.84. The second-order valence-corrected chi connectivity index (χ2v) is 5.47. The molecule has 0 unspecified atom stereocenters. The third-order valence-electron chi connectivity index (χ3n) is 2.84. The Labute approximate surface area is 133 Å². The lowest BCUT2D eigenvalue weighted by atomic mass is 10.1. The fourth-order valence-corrected chi connectivity index (χ4v) is 2.17. The molecule has 2 aromatic carbocycles. The van der Waals surface area contributed by atoms with Gasteiger partial charge in [0.1, 0.15) is 0 Å². The molecule has 0 spiro atoms. The third-order valence-corrected chi connectivity index (χ3v) is 3.40. The first-order valence-corrected chi connectivity index (χ1v) is 7.13. The minimum Gasteiger partial charge on any atom is -0.273 e. The van der Waals surface area contributed by atoms with Gasteiger partial charge in [-0.3, -0.25) is 4.79 Å². The molecule has 0 saturated heterocycles. The molecular formula is C16H14Cl2N2O. The lowest BCUT2D eigenvalue weighted by Crippen LogP contribution is -2.19. The highest BCUT2D eigenvalue weighted by Crippen LogP contribution is 2.19. The van der Waals surface area contributed by atoms with Gasteiger partial charge in [-0.15, -0.1) is 0 Å². The van der Waals surface area contributed by atoms with Gasteiger partial charge in [0.05, 0.1) is 17.7 Å². The lowest BCUT2D eigenvalue weighted by molar-refractivity contribution is -0.120. The van der Waals surface area contributed by atoms with Crippen LogP contribution < -0.4 is 5.43 Å². The van der Waals surface area contributed by atoms with Gasteiger partial charge in [0.2, 0.25) is 5.91 Å². The summed E-state index contributed by atoms with van der Waals surface area (Å²) in [6, 6.07) is 12.9. The van der Waals surface area contributed by atoms with E-state index < -0.39 is 0 Å². The Morgan fingerprint density at radius 3 is 2.57 bits per heavy atom. The van der Waals surface area contributed by atoms with Crippen molar-refractivity contribution in [2.75, 3.05) is 0 Å². The van der Waals surface area contributed by atoms with E-state index in [1.807, 2.05) is 31.2 Å². The Balaban J connectivity index is 1.91. The molecule has 0 heterocycles. The number of nitrogens with one attached hydrogen (secondary N) is 1. The molecule has 2 rings (SSSR count). The Kier molecular flexibility index (Phi) is 5.37. The number of nitrogens with zero attached hydrogens (tertiary/aromatic N) is 1. The second kappa shape index (κ2) is 7.25. The fraction of sp³-hybridized carbons (Fsp3) is 0.125. The molecule has 3 nitrogen and oxygen atoms in total. The van der Waals surface area contributed by atoms with Crippen LogP contribution in [0.5, 0.6) is 0 Å². The number of amides is 1. The van der Waals surface area contributed by atoms with E-state index in [2.05, 4.69) is 10.5 Å². The quantitative estimate of drug-likeness (QED) is 0.671. The Morgan fingerprint density at radius 2 is 1.90 bits per heavy atom. The predicted octanol–water partition coefficient (Wildman–Crippen LogP) is 3.99. The number of rotatable bonds is 4. The standard InChI is InChI=1S/C16H14Cl2N2O/c1-11-2-4-12(5-3-11)8-16(21)20-19-10-13-6-7-14(17)9-15(13)18/h2-7,9-10H,8H2,1H3,(H,20,21). The van der Waals surface area contributed by atoms with Gasteiger partial charge in [0.15, 0.2) is 0 Å². The molecule has 0 aliphatic heterocycles. The number of carbonyl (C=O) groups is 1. The van der Waals surface area contributed by atoms with Crippen LogP contribution in [-0.4, -0.2) is 12.1 Å². The zero-order valence-electron chi connectivity index (χ0n) is 11.4. The van der Waals surface area contributed by atoms with Crippen LogP contribution in [0.15, 0.2) is 47.6 Å². The molecule has 1 amide bonds. The maximum Gasteiger partial charge on any atom is 0.244 e. The maximum absolute atomic E-state index is 11.7. The second-order valence-electron chi connectivity index (χ2n) is 4.62. The summed E-state index contributed by atoms with van der Waals surface area (Å²) in [6.07, 6.45) is 1.78. The topological polar surface area (TPSA) is 41.5 Å². The zero-order chi connectivity index (χ0) is 15.2. The summed E-state index contributed by atoms with van der Waals surface area (Å²) in [7, 11) is 0. The minimum absolute atomic E-state index is 0.180. The molecule has 2 aromatic rings. The van der Waals surface area contributed by atoms with Gasteiger partial charge in [0, 0.05) is 10.6 Å². The number of aryl methyl sites for hydroxylation is 1. The molecule has 0 radical (unpaired) electrons. The number of halogens is 2. The summed E-state index contributed by atoms with van der Waals surface area (Å²) in [5.74, 6) is -0.180. The summed E-state index contributed by atoms with van der Waals surface area (Å²) in [6.45, 7) is 2.00. The van der Waals surface area contributed by atoms with Crippen molar-refractivity contribution in [2.24, 2.45) is 5.10 Å². The predicted molar refractivity (Wildman–Crippen MR) is 87.1 cm³/mol. The van der Waals surface area contributed by atoms with Crippen molar-refractivity contribution in [2.45, 2.75) is 13.3 Å². The van der Waals surface area contributed by atoms with Gasteiger partial charge in [0.25, 0.3) is 0 Å². The maximum atomic E-state index is 11.7. The van der Waals surface area contributed by atoms with E-state index in [9.17, 15) is 4.79 Å². The van der Waals surface area contributed by atoms with Crippen LogP contribution in [0, 0.1) is 6.92 Å².